The van der Waals surface area contributed by atoms with Crippen LogP contribution in [0.1, 0.15) is 11.3 Å². The van der Waals surface area contributed by atoms with Gasteiger partial charge in [0.1, 0.15) is 5.69 Å². The normalized spacial score (nSPS) is 10.8. The molecule has 33 heavy (non-hydrogen) atoms. The van der Waals surface area contributed by atoms with Crippen LogP contribution in [0.25, 0.3) is 12.2 Å². The molecule has 0 atom stereocenters. The Morgan fingerprint density at radius 3 is 2.18 bits per heavy atom. The van der Waals surface area contributed by atoms with Gasteiger partial charge in [0.2, 0.25) is 11.8 Å². The monoisotopic (exact) mass is 501 g/mol. The lowest BCUT2D eigenvalue weighted by molar-refractivity contribution is -0.384. The fraction of sp³-hybridized carbons (Fsp3) is 0.0400. The van der Waals surface area contributed by atoms with Gasteiger partial charge in [-0.15, -0.1) is 0 Å². The number of rotatable bonds is 7. The van der Waals surface area contributed by atoms with E-state index in [9.17, 15) is 10.1 Å². The quantitative estimate of drug-likeness (QED) is 0.220. The number of nitrogens with zero attached hydrogens (tertiary/aromatic N) is 4. The molecule has 7 nitrogen and oxygen atoms in total. The summed E-state index contributed by atoms with van der Waals surface area (Å²) in [6, 6.07) is 26.4. The molecule has 4 aromatic rings. The summed E-state index contributed by atoms with van der Waals surface area (Å²) in [5, 5.41) is 15.3. The standard InChI is InChI=1S/C25H20BrN5O2/c1-30(21-10-6-3-7-11-21)24-23(31(32)33)22(17-12-18-8-4-2-5-9-18)28-25(29-24)27-20-15-13-19(26)14-16-20/h2-17H,1H3,(H,27,28,29)/b17-12+. The summed E-state index contributed by atoms with van der Waals surface area (Å²) in [5.41, 5.74) is 2.47. The molecule has 3 aromatic carbocycles. The first-order chi connectivity index (χ1) is 16.0. The predicted octanol–water partition coefficient (Wildman–Crippen LogP) is 6.83. The van der Waals surface area contributed by atoms with Crippen molar-refractivity contribution < 1.29 is 4.92 Å². The molecule has 164 valence electrons. The van der Waals surface area contributed by atoms with Crippen LogP contribution >= 0.6 is 15.9 Å². The first-order valence-corrected chi connectivity index (χ1v) is 10.9. The van der Waals surface area contributed by atoms with Crippen LogP contribution in [0.4, 0.5) is 28.8 Å². The minimum absolute atomic E-state index is 0.171. The van der Waals surface area contributed by atoms with Crippen molar-refractivity contribution in [2.45, 2.75) is 0 Å². The maximum Gasteiger partial charge on any atom is 0.337 e. The van der Waals surface area contributed by atoms with Crippen LogP contribution in [0.5, 0.6) is 0 Å². The van der Waals surface area contributed by atoms with Crippen LogP contribution in [-0.4, -0.2) is 21.9 Å². The SMILES string of the molecule is CN(c1ccccc1)c1nc(Nc2ccc(Br)cc2)nc(/C=C/c2ccccc2)c1[N+](=O)[O-]. The van der Waals surface area contributed by atoms with Crippen molar-refractivity contribution in [3.05, 3.63) is 111 Å². The summed E-state index contributed by atoms with van der Waals surface area (Å²) in [5.74, 6) is 0.446. The zero-order valence-electron chi connectivity index (χ0n) is 17.7. The second-order valence-corrected chi connectivity index (χ2v) is 8.05. The summed E-state index contributed by atoms with van der Waals surface area (Å²) in [6.45, 7) is 0. The van der Waals surface area contributed by atoms with E-state index < -0.39 is 4.92 Å². The van der Waals surface area contributed by atoms with Crippen LogP contribution in [0.2, 0.25) is 0 Å². The maximum absolute atomic E-state index is 12.1. The van der Waals surface area contributed by atoms with Crippen LogP contribution in [0.3, 0.4) is 0 Å². The lowest BCUT2D eigenvalue weighted by atomic mass is 10.2. The van der Waals surface area contributed by atoms with Crippen molar-refractivity contribution in [2.75, 3.05) is 17.3 Å². The summed E-state index contributed by atoms with van der Waals surface area (Å²) >= 11 is 3.42. The van der Waals surface area contributed by atoms with E-state index in [2.05, 4.69) is 31.2 Å². The van der Waals surface area contributed by atoms with Gasteiger partial charge in [0, 0.05) is 22.9 Å². The second-order valence-electron chi connectivity index (χ2n) is 7.13. The van der Waals surface area contributed by atoms with Crippen LogP contribution < -0.4 is 10.2 Å². The fourth-order valence-corrected chi connectivity index (χ4v) is 3.48. The lowest BCUT2D eigenvalue weighted by Crippen LogP contribution is -2.16. The van der Waals surface area contributed by atoms with E-state index in [1.807, 2.05) is 84.9 Å². The van der Waals surface area contributed by atoms with Gasteiger partial charge >= 0.3 is 5.69 Å². The molecule has 0 amide bonds. The number of aromatic nitrogens is 2. The first kappa shape index (κ1) is 22.2. The molecule has 1 heterocycles. The molecule has 8 heteroatoms. The van der Waals surface area contributed by atoms with Gasteiger partial charge in [0.25, 0.3) is 0 Å². The highest BCUT2D eigenvalue weighted by Gasteiger charge is 2.27. The number of nitro groups is 1. The maximum atomic E-state index is 12.1. The van der Waals surface area contributed by atoms with Gasteiger partial charge in [-0.05, 0) is 48.0 Å². The molecule has 0 unspecified atom stereocenters. The Bertz CT molecular complexity index is 1280. The predicted molar refractivity (Wildman–Crippen MR) is 136 cm³/mol. The van der Waals surface area contributed by atoms with Crippen molar-refractivity contribution in [1.82, 2.24) is 9.97 Å². The Morgan fingerprint density at radius 1 is 0.909 bits per heavy atom. The fourth-order valence-electron chi connectivity index (χ4n) is 3.22. The molecule has 0 bridgehead atoms. The van der Waals surface area contributed by atoms with E-state index in [0.717, 1.165) is 21.4 Å². The Kier molecular flexibility index (Phi) is 6.75. The Balaban J connectivity index is 1.84. The molecule has 4 rings (SSSR count). The summed E-state index contributed by atoms with van der Waals surface area (Å²) in [6.07, 6.45) is 3.44. The third-order valence-electron chi connectivity index (χ3n) is 4.87. The van der Waals surface area contributed by atoms with Gasteiger partial charge in [0.05, 0.1) is 4.92 Å². The molecule has 1 N–H and O–H groups in total. The molecule has 0 aliphatic carbocycles. The Morgan fingerprint density at radius 2 is 1.55 bits per heavy atom. The van der Waals surface area contributed by atoms with E-state index in [0.29, 0.717) is 0 Å². The zero-order valence-corrected chi connectivity index (χ0v) is 19.3. The number of benzene rings is 3. The van der Waals surface area contributed by atoms with E-state index in [4.69, 9.17) is 0 Å². The Hall–Kier alpha value is -4.04. The summed E-state index contributed by atoms with van der Waals surface area (Å²) < 4.78 is 0.939. The average Bonchev–Trinajstić information content (AvgIpc) is 2.84. The summed E-state index contributed by atoms with van der Waals surface area (Å²) in [4.78, 5) is 22.4. The molecule has 0 radical (unpaired) electrons. The number of hydrogen-bond donors (Lipinski definition) is 1. The van der Waals surface area contributed by atoms with Crippen molar-refractivity contribution in [3.8, 4) is 0 Å². The van der Waals surface area contributed by atoms with E-state index in [-0.39, 0.29) is 23.1 Å². The molecule has 0 saturated heterocycles. The Labute approximate surface area is 199 Å². The third-order valence-corrected chi connectivity index (χ3v) is 5.40. The topological polar surface area (TPSA) is 84.2 Å². The molecular weight excluding hydrogens is 482 g/mol. The van der Waals surface area contributed by atoms with Crippen molar-refractivity contribution in [2.24, 2.45) is 0 Å². The lowest BCUT2D eigenvalue weighted by Gasteiger charge is -2.19. The molecule has 0 saturated carbocycles. The van der Waals surface area contributed by atoms with Crippen LogP contribution in [0.15, 0.2) is 89.4 Å². The smallest absolute Gasteiger partial charge is 0.324 e. The first-order valence-electron chi connectivity index (χ1n) is 10.1. The number of hydrogen-bond acceptors (Lipinski definition) is 6. The summed E-state index contributed by atoms with van der Waals surface area (Å²) in [7, 11) is 1.75. The van der Waals surface area contributed by atoms with Crippen molar-refractivity contribution in [1.29, 1.82) is 0 Å². The highest BCUT2D eigenvalue weighted by molar-refractivity contribution is 9.10. The van der Waals surface area contributed by atoms with Crippen LogP contribution in [-0.2, 0) is 0 Å². The molecule has 0 fully saturated rings. The number of anilines is 4. The van der Waals surface area contributed by atoms with Gasteiger partial charge in [-0.3, -0.25) is 10.1 Å². The van der Waals surface area contributed by atoms with Crippen molar-refractivity contribution in [3.63, 3.8) is 0 Å². The molecular formula is C25H20BrN5O2. The van der Waals surface area contributed by atoms with E-state index in [1.165, 1.54) is 0 Å². The minimum atomic E-state index is -0.442. The highest BCUT2D eigenvalue weighted by atomic mass is 79.9. The largest absolute Gasteiger partial charge is 0.337 e. The van der Waals surface area contributed by atoms with Gasteiger partial charge in [-0.25, -0.2) is 4.98 Å². The molecule has 0 aliphatic rings. The van der Waals surface area contributed by atoms with Gasteiger partial charge in [-0.2, -0.15) is 4.98 Å². The van der Waals surface area contributed by atoms with Crippen LogP contribution in [0, 0.1) is 10.1 Å². The second kappa shape index (κ2) is 10.1. The molecule has 0 spiro atoms. The number of para-hydroxylation sites is 1. The van der Waals surface area contributed by atoms with E-state index >= 15 is 0 Å². The number of nitrogens with one attached hydrogen (secondary N) is 1. The van der Waals surface area contributed by atoms with E-state index in [1.54, 1.807) is 24.1 Å². The third kappa shape index (κ3) is 5.42. The minimum Gasteiger partial charge on any atom is -0.324 e. The van der Waals surface area contributed by atoms with Gasteiger partial charge in [-0.1, -0.05) is 70.5 Å². The zero-order chi connectivity index (χ0) is 23.2. The highest BCUT2D eigenvalue weighted by Crippen LogP contribution is 2.35. The molecule has 0 aliphatic heterocycles. The van der Waals surface area contributed by atoms with Gasteiger partial charge < -0.3 is 10.2 Å². The van der Waals surface area contributed by atoms with Gasteiger partial charge in [0.15, 0.2) is 0 Å². The molecule has 1 aromatic heterocycles. The van der Waals surface area contributed by atoms with Crippen molar-refractivity contribution >= 4 is 56.9 Å². The average molecular weight is 502 g/mol. The number of halogens is 1.